The van der Waals surface area contributed by atoms with Gasteiger partial charge in [0.05, 0.1) is 5.56 Å². The van der Waals surface area contributed by atoms with Crippen molar-refractivity contribution in [3.05, 3.63) is 107 Å². The Morgan fingerprint density at radius 2 is 1.00 bits per heavy atom. The van der Waals surface area contributed by atoms with E-state index in [1.807, 2.05) is 0 Å². The van der Waals surface area contributed by atoms with Gasteiger partial charge in [-0.05, 0) is 46.5 Å². The minimum absolute atomic E-state index is 0.0581. The highest BCUT2D eigenvalue weighted by Crippen LogP contribution is 2.47. The summed E-state index contributed by atoms with van der Waals surface area (Å²) < 4.78 is 130. The Balaban J connectivity index is 2.13. The monoisotopic (exact) mass is 492 g/mol. The van der Waals surface area contributed by atoms with E-state index in [9.17, 15) is 35.1 Å². The van der Waals surface area contributed by atoms with E-state index in [1.165, 1.54) is 6.07 Å². The molecule has 0 heterocycles. The predicted octanol–water partition coefficient (Wildman–Crippen LogP) is 8.58. The van der Waals surface area contributed by atoms with E-state index in [2.05, 4.69) is 0 Å². The third kappa shape index (κ3) is 3.41. The molecule has 5 rings (SSSR count). The van der Waals surface area contributed by atoms with Gasteiger partial charge in [0.15, 0.2) is 34.9 Å². The van der Waals surface area contributed by atoms with Crippen LogP contribution in [0.3, 0.4) is 0 Å². The van der Waals surface area contributed by atoms with E-state index in [0.717, 1.165) is 24.3 Å². The molecule has 0 nitrogen and oxygen atoms in total. The Labute approximate surface area is 190 Å². The Kier molecular flexibility index (Phi) is 5.23. The maximum Gasteiger partial charge on any atom is 0.169 e. The molecule has 9 heteroatoms. The molecule has 176 valence electrons. The minimum Gasteiger partial charge on any atom is -0.207 e. The smallest absolute Gasteiger partial charge is 0.169 e. The van der Waals surface area contributed by atoms with Crippen molar-refractivity contribution in [3.8, 4) is 22.3 Å². The first-order valence-corrected chi connectivity index (χ1v) is 9.91. The highest BCUT2D eigenvalue weighted by molar-refractivity contribution is 6.21. The van der Waals surface area contributed by atoms with Crippen molar-refractivity contribution >= 4 is 21.5 Å². The summed E-state index contributed by atoms with van der Waals surface area (Å²) in [6.07, 6.45) is 0. The molecule has 0 amide bonds. The Bertz CT molecular complexity index is 1660. The van der Waals surface area contributed by atoms with Crippen molar-refractivity contribution in [1.82, 2.24) is 0 Å². The maximum absolute atomic E-state index is 15.2. The summed E-state index contributed by atoms with van der Waals surface area (Å²) in [5.41, 5.74) is -2.80. The van der Waals surface area contributed by atoms with Gasteiger partial charge in [0, 0.05) is 34.2 Å². The van der Waals surface area contributed by atoms with Gasteiger partial charge >= 0.3 is 0 Å². The molecule has 0 aliphatic rings. The summed E-state index contributed by atoms with van der Waals surface area (Å²) in [6, 6.07) is 6.49. The third-order valence-electron chi connectivity index (χ3n) is 5.69. The second-order valence-corrected chi connectivity index (χ2v) is 7.69. The van der Waals surface area contributed by atoms with Crippen LogP contribution in [0.5, 0.6) is 0 Å². The lowest BCUT2D eigenvalue weighted by atomic mass is 9.85. The molecule has 0 aliphatic carbocycles. The standard InChI is InChI=1S/C26H9F9/c27-10-4-5-11(16(29)6-10)21-12-2-1-3-15(28)22(12)23(14-8-18(31)17(30)7-13(14)21)24-25(34)19(32)9-20(33)26(24)35/h1-9H. The van der Waals surface area contributed by atoms with E-state index in [-0.39, 0.29) is 28.0 Å². The number of rotatable bonds is 2. The van der Waals surface area contributed by atoms with E-state index in [4.69, 9.17) is 0 Å². The van der Waals surface area contributed by atoms with Crippen molar-refractivity contribution in [2.24, 2.45) is 0 Å². The Morgan fingerprint density at radius 3 is 1.60 bits per heavy atom. The van der Waals surface area contributed by atoms with Crippen molar-refractivity contribution < 1.29 is 39.5 Å². The molecule has 35 heavy (non-hydrogen) atoms. The van der Waals surface area contributed by atoms with Crippen LogP contribution in [0.25, 0.3) is 43.8 Å². The van der Waals surface area contributed by atoms with Crippen LogP contribution in [-0.2, 0) is 0 Å². The first-order chi connectivity index (χ1) is 16.6. The number of hydrogen-bond donors (Lipinski definition) is 0. The van der Waals surface area contributed by atoms with E-state index in [1.54, 1.807) is 0 Å². The SMILES string of the molecule is Fc1ccc(-c2c3cc(F)c(F)cc3c(-c3c(F)c(F)cc(F)c3F)c3c(F)cccc23)c(F)c1. The zero-order valence-corrected chi connectivity index (χ0v) is 17.1. The summed E-state index contributed by atoms with van der Waals surface area (Å²) in [5, 5.41) is -1.84. The van der Waals surface area contributed by atoms with Gasteiger partial charge in [-0.15, -0.1) is 0 Å². The maximum atomic E-state index is 15.2. The van der Waals surface area contributed by atoms with Crippen LogP contribution in [-0.4, -0.2) is 0 Å². The fourth-order valence-corrected chi connectivity index (χ4v) is 4.26. The molecular weight excluding hydrogens is 483 g/mol. The molecule has 0 spiro atoms. The van der Waals surface area contributed by atoms with Gasteiger partial charge in [-0.25, -0.2) is 39.5 Å². The normalized spacial score (nSPS) is 11.6. The van der Waals surface area contributed by atoms with Crippen LogP contribution < -0.4 is 0 Å². The van der Waals surface area contributed by atoms with Crippen LogP contribution >= 0.6 is 0 Å². The van der Waals surface area contributed by atoms with E-state index >= 15 is 4.39 Å². The van der Waals surface area contributed by atoms with Crippen molar-refractivity contribution in [2.45, 2.75) is 0 Å². The Morgan fingerprint density at radius 1 is 0.400 bits per heavy atom. The lowest BCUT2D eigenvalue weighted by Gasteiger charge is -2.19. The molecular formula is C26H9F9. The van der Waals surface area contributed by atoms with Crippen molar-refractivity contribution in [2.75, 3.05) is 0 Å². The molecule has 5 aromatic rings. The van der Waals surface area contributed by atoms with E-state index < -0.39 is 74.3 Å². The number of benzene rings is 5. The second-order valence-electron chi connectivity index (χ2n) is 7.69. The van der Waals surface area contributed by atoms with Crippen molar-refractivity contribution in [3.63, 3.8) is 0 Å². The highest BCUT2D eigenvalue weighted by atomic mass is 19.2. The van der Waals surface area contributed by atoms with Gasteiger partial charge in [-0.2, -0.15) is 0 Å². The zero-order chi connectivity index (χ0) is 25.2. The van der Waals surface area contributed by atoms with Crippen LogP contribution in [0.4, 0.5) is 39.5 Å². The molecule has 0 N–H and O–H groups in total. The summed E-state index contributed by atoms with van der Waals surface area (Å²) >= 11 is 0. The minimum atomic E-state index is -1.90. The summed E-state index contributed by atoms with van der Waals surface area (Å²) in [7, 11) is 0. The average Bonchev–Trinajstić information content (AvgIpc) is 2.79. The predicted molar refractivity (Wildman–Crippen MR) is 112 cm³/mol. The second kappa shape index (κ2) is 8.04. The van der Waals surface area contributed by atoms with Crippen LogP contribution in [0.2, 0.25) is 0 Å². The van der Waals surface area contributed by atoms with Gasteiger partial charge in [0.1, 0.15) is 17.5 Å². The quantitative estimate of drug-likeness (QED) is 0.132. The van der Waals surface area contributed by atoms with Crippen LogP contribution in [0.1, 0.15) is 0 Å². The zero-order valence-electron chi connectivity index (χ0n) is 17.1. The topological polar surface area (TPSA) is 0 Å². The van der Waals surface area contributed by atoms with Crippen LogP contribution in [0, 0.1) is 52.4 Å². The number of fused-ring (bicyclic) bond motifs is 2. The lowest BCUT2D eigenvalue weighted by Crippen LogP contribution is -2.02. The number of hydrogen-bond acceptors (Lipinski definition) is 0. The van der Waals surface area contributed by atoms with Gasteiger partial charge in [0.2, 0.25) is 0 Å². The fraction of sp³-hybridized carbons (Fsp3) is 0. The third-order valence-corrected chi connectivity index (χ3v) is 5.69. The molecule has 0 saturated carbocycles. The number of halogens is 9. The first-order valence-electron chi connectivity index (χ1n) is 9.91. The van der Waals surface area contributed by atoms with E-state index in [0.29, 0.717) is 18.2 Å². The molecule has 0 fully saturated rings. The fourth-order valence-electron chi connectivity index (χ4n) is 4.26. The van der Waals surface area contributed by atoms with Gasteiger partial charge < -0.3 is 0 Å². The molecule has 0 aromatic heterocycles. The molecule has 0 saturated heterocycles. The molecule has 0 unspecified atom stereocenters. The lowest BCUT2D eigenvalue weighted by molar-refractivity contribution is 0.458. The highest BCUT2D eigenvalue weighted by Gasteiger charge is 2.28. The molecule has 0 bridgehead atoms. The van der Waals surface area contributed by atoms with Gasteiger partial charge in [-0.1, -0.05) is 12.1 Å². The first kappa shape index (κ1) is 22.8. The molecule has 0 atom stereocenters. The molecule has 5 aromatic carbocycles. The largest absolute Gasteiger partial charge is 0.207 e. The van der Waals surface area contributed by atoms with Crippen molar-refractivity contribution in [1.29, 1.82) is 0 Å². The molecule has 0 radical (unpaired) electrons. The van der Waals surface area contributed by atoms with Gasteiger partial charge in [0.25, 0.3) is 0 Å². The van der Waals surface area contributed by atoms with Crippen LogP contribution in [0.15, 0.2) is 54.6 Å². The summed E-state index contributed by atoms with van der Waals surface area (Å²) in [5.74, 6) is -13.7. The summed E-state index contributed by atoms with van der Waals surface area (Å²) in [6.45, 7) is 0. The van der Waals surface area contributed by atoms with Gasteiger partial charge in [-0.3, -0.25) is 0 Å². The summed E-state index contributed by atoms with van der Waals surface area (Å²) in [4.78, 5) is 0. The molecule has 0 aliphatic heterocycles. The Hall–Kier alpha value is -4.01. The average molecular weight is 492 g/mol.